The molecule has 3 aromatic rings. The maximum Gasteiger partial charge on any atom is 0.128 e. The molecule has 2 aromatic heterocycles. The van der Waals surface area contributed by atoms with E-state index in [1.807, 2.05) is 24.7 Å². The second-order valence-electron chi connectivity index (χ2n) is 7.81. The molecule has 28 heavy (non-hydrogen) atoms. The highest BCUT2D eigenvalue weighted by atomic mass is 16.3. The van der Waals surface area contributed by atoms with Gasteiger partial charge in [0.05, 0.1) is 30.0 Å². The van der Waals surface area contributed by atoms with E-state index in [9.17, 15) is 5.11 Å². The number of benzene rings is 1. The van der Waals surface area contributed by atoms with E-state index in [0.717, 1.165) is 49.5 Å². The maximum atomic E-state index is 10.7. The van der Waals surface area contributed by atoms with Crippen LogP contribution >= 0.6 is 0 Å². The number of aromatic nitrogens is 3. The summed E-state index contributed by atoms with van der Waals surface area (Å²) >= 11 is 0. The van der Waals surface area contributed by atoms with Gasteiger partial charge >= 0.3 is 0 Å². The van der Waals surface area contributed by atoms with Crippen molar-refractivity contribution >= 4 is 16.9 Å². The van der Waals surface area contributed by atoms with Crippen molar-refractivity contribution in [3.05, 3.63) is 54.0 Å². The lowest BCUT2D eigenvalue weighted by atomic mass is 10.1. The van der Waals surface area contributed by atoms with Crippen molar-refractivity contribution in [1.29, 1.82) is 0 Å². The minimum absolute atomic E-state index is 0.416. The number of aryl methyl sites for hydroxylation is 2. The molecular weight excluding hydrogens is 350 g/mol. The van der Waals surface area contributed by atoms with Crippen molar-refractivity contribution < 1.29 is 5.11 Å². The maximum absolute atomic E-state index is 10.7. The fraction of sp³-hybridized carbons (Fsp3) is 0.455. The normalized spacial score (nSPS) is 17.0. The molecule has 0 radical (unpaired) electrons. The van der Waals surface area contributed by atoms with Crippen molar-refractivity contribution in [2.75, 3.05) is 37.6 Å². The third kappa shape index (κ3) is 4.18. The van der Waals surface area contributed by atoms with Crippen LogP contribution in [0.3, 0.4) is 0 Å². The van der Waals surface area contributed by atoms with Crippen LogP contribution in [0.5, 0.6) is 0 Å². The number of rotatable bonds is 5. The second-order valence-corrected chi connectivity index (χ2v) is 7.81. The minimum Gasteiger partial charge on any atom is -0.390 e. The van der Waals surface area contributed by atoms with E-state index in [2.05, 4.69) is 56.4 Å². The van der Waals surface area contributed by atoms with Crippen LogP contribution in [-0.4, -0.2) is 63.4 Å². The number of fused-ring (bicyclic) bond motifs is 1. The van der Waals surface area contributed by atoms with Gasteiger partial charge in [0.2, 0.25) is 0 Å². The number of aliphatic hydroxyl groups is 1. The second kappa shape index (κ2) is 8.29. The monoisotopic (exact) mass is 379 g/mol. The van der Waals surface area contributed by atoms with Crippen LogP contribution in [0.1, 0.15) is 17.5 Å². The predicted molar refractivity (Wildman–Crippen MR) is 113 cm³/mol. The molecule has 6 nitrogen and oxygen atoms in total. The molecule has 1 fully saturated rings. The van der Waals surface area contributed by atoms with Gasteiger partial charge in [0, 0.05) is 32.4 Å². The summed E-state index contributed by atoms with van der Waals surface area (Å²) in [6, 6.07) is 10.3. The standard InChI is InChI=1S/C22H29N5O/c1-17-12-20-21(13-18(17)2)27(16-24-20)15-19(28)14-25-8-5-9-26(11-10-25)22-6-3-4-7-23-22/h3-4,6-7,12-13,16,19,28H,5,8-11,14-15H2,1-2H3/t19-/m1/s1. The van der Waals surface area contributed by atoms with E-state index in [4.69, 9.17) is 0 Å². The Morgan fingerprint density at radius 1 is 1.00 bits per heavy atom. The van der Waals surface area contributed by atoms with Crippen LogP contribution in [0.2, 0.25) is 0 Å². The Morgan fingerprint density at radius 2 is 1.86 bits per heavy atom. The fourth-order valence-corrected chi connectivity index (χ4v) is 3.96. The van der Waals surface area contributed by atoms with Gasteiger partial charge in [0.15, 0.2) is 0 Å². The summed E-state index contributed by atoms with van der Waals surface area (Å²) in [6.07, 6.45) is 4.36. The van der Waals surface area contributed by atoms with E-state index in [1.54, 1.807) is 0 Å². The zero-order valence-electron chi connectivity index (χ0n) is 16.8. The summed E-state index contributed by atoms with van der Waals surface area (Å²) in [5.41, 5.74) is 4.60. The number of anilines is 1. The smallest absolute Gasteiger partial charge is 0.128 e. The van der Waals surface area contributed by atoms with Gasteiger partial charge in [-0.2, -0.15) is 0 Å². The van der Waals surface area contributed by atoms with Crippen LogP contribution in [0.4, 0.5) is 5.82 Å². The van der Waals surface area contributed by atoms with Gasteiger partial charge in [0.25, 0.3) is 0 Å². The zero-order valence-corrected chi connectivity index (χ0v) is 16.8. The first-order valence-electron chi connectivity index (χ1n) is 10.1. The van der Waals surface area contributed by atoms with E-state index in [1.165, 1.54) is 11.1 Å². The summed E-state index contributed by atoms with van der Waals surface area (Å²) < 4.78 is 2.07. The molecule has 4 rings (SSSR count). The Hall–Kier alpha value is -2.44. The van der Waals surface area contributed by atoms with Crippen molar-refractivity contribution in [3.63, 3.8) is 0 Å². The van der Waals surface area contributed by atoms with Crippen molar-refractivity contribution in [1.82, 2.24) is 19.4 Å². The van der Waals surface area contributed by atoms with Crippen LogP contribution in [-0.2, 0) is 6.54 Å². The van der Waals surface area contributed by atoms with Gasteiger partial charge in [-0.05, 0) is 62.2 Å². The van der Waals surface area contributed by atoms with E-state index >= 15 is 0 Å². The third-order valence-corrected chi connectivity index (χ3v) is 5.67. The van der Waals surface area contributed by atoms with E-state index in [0.29, 0.717) is 13.1 Å². The molecule has 0 unspecified atom stereocenters. The summed E-state index contributed by atoms with van der Waals surface area (Å²) in [4.78, 5) is 13.7. The minimum atomic E-state index is -0.416. The first kappa shape index (κ1) is 18.9. The zero-order chi connectivity index (χ0) is 19.5. The van der Waals surface area contributed by atoms with Crippen molar-refractivity contribution in [2.24, 2.45) is 0 Å². The number of nitrogens with zero attached hydrogens (tertiary/aromatic N) is 5. The first-order valence-corrected chi connectivity index (χ1v) is 10.1. The Kier molecular flexibility index (Phi) is 5.59. The number of aliphatic hydroxyl groups excluding tert-OH is 1. The molecule has 1 aliphatic heterocycles. The highest BCUT2D eigenvalue weighted by Gasteiger charge is 2.19. The lowest BCUT2D eigenvalue weighted by Crippen LogP contribution is -2.37. The van der Waals surface area contributed by atoms with Crippen LogP contribution in [0.15, 0.2) is 42.9 Å². The summed E-state index contributed by atoms with van der Waals surface area (Å²) in [7, 11) is 0. The van der Waals surface area contributed by atoms with Gasteiger partial charge in [-0.15, -0.1) is 0 Å². The molecule has 1 N–H and O–H groups in total. The average Bonchev–Trinajstić information content (AvgIpc) is 2.91. The molecule has 148 valence electrons. The first-order chi connectivity index (χ1) is 13.6. The molecule has 1 atom stereocenters. The number of pyridine rings is 1. The molecule has 0 bridgehead atoms. The van der Waals surface area contributed by atoms with Gasteiger partial charge in [0.1, 0.15) is 5.82 Å². The molecule has 3 heterocycles. The Bertz CT molecular complexity index is 923. The Labute approximate surface area is 166 Å². The highest BCUT2D eigenvalue weighted by molar-refractivity contribution is 5.77. The van der Waals surface area contributed by atoms with Crippen LogP contribution < -0.4 is 4.90 Å². The third-order valence-electron chi connectivity index (χ3n) is 5.67. The highest BCUT2D eigenvalue weighted by Crippen LogP contribution is 2.19. The number of imidazole rings is 1. The molecule has 0 saturated carbocycles. The number of hydrogen-bond donors (Lipinski definition) is 1. The van der Waals surface area contributed by atoms with Crippen LogP contribution in [0, 0.1) is 13.8 Å². The molecule has 6 heteroatoms. The average molecular weight is 380 g/mol. The summed E-state index contributed by atoms with van der Waals surface area (Å²) in [6.45, 7) is 9.37. The van der Waals surface area contributed by atoms with Gasteiger partial charge in [-0.25, -0.2) is 9.97 Å². The summed E-state index contributed by atoms with van der Waals surface area (Å²) in [5, 5.41) is 10.7. The predicted octanol–water partition coefficient (Wildman–Crippen LogP) is 2.62. The lowest BCUT2D eigenvalue weighted by molar-refractivity contribution is 0.102. The van der Waals surface area contributed by atoms with E-state index < -0.39 is 6.10 Å². The van der Waals surface area contributed by atoms with Crippen LogP contribution in [0.25, 0.3) is 11.0 Å². The Balaban J connectivity index is 1.36. The fourth-order valence-electron chi connectivity index (χ4n) is 3.96. The molecule has 1 aliphatic rings. The largest absolute Gasteiger partial charge is 0.390 e. The van der Waals surface area contributed by atoms with Gasteiger partial charge in [-0.3, -0.25) is 4.90 Å². The van der Waals surface area contributed by atoms with E-state index in [-0.39, 0.29) is 0 Å². The van der Waals surface area contributed by atoms with Gasteiger partial charge in [-0.1, -0.05) is 6.07 Å². The van der Waals surface area contributed by atoms with Gasteiger partial charge < -0.3 is 14.6 Å². The lowest BCUT2D eigenvalue weighted by Gasteiger charge is -2.24. The molecule has 1 aromatic carbocycles. The molecule has 0 spiro atoms. The molecule has 1 saturated heterocycles. The topological polar surface area (TPSA) is 57.4 Å². The van der Waals surface area contributed by atoms with Crippen molar-refractivity contribution in [3.8, 4) is 0 Å². The van der Waals surface area contributed by atoms with Crippen molar-refractivity contribution in [2.45, 2.75) is 32.9 Å². The molecular formula is C22H29N5O. The number of hydrogen-bond acceptors (Lipinski definition) is 5. The Morgan fingerprint density at radius 3 is 2.68 bits per heavy atom. The summed E-state index contributed by atoms with van der Waals surface area (Å²) in [5.74, 6) is 1.04. The SMILES string of the molecule is Cc1cc2ncn(C[C@H](O)CN3CCCN(c4ccccn4)CC3)c2cc1C. The quantitative estimate of drug-likeness (QED) is 0.739. The molecule has 0 aliphatic carbocycles. The number of β-amino-alcohol motifs (C(OH)–C–C–N with tert-alkyl or cyclic N) is 1. The molecule has 0 amide bonds.